The van der Waals surface area contributed by atoms with Gasteiger partial charge in [-0.25, -0.2) is 9.18 Å². The summed E-state index contributed by atoms with van der Waals surface area (Å²) in [7, 11) is 0. The van der Waals surface area contributed by atoms with Crippen LogP contribution in [0.5, 0.6) is 0 Å². The van der Waals surface area contributed by atoms with Crippen molar-refractivity contribution in [1.29, 1.82) is 0 Å². The molecule has 0 spiro atoms. The highest BCUT2D eigenvalue weighted by Crippen LogP contribution is 2.34. The third-order valence-electron chi connectivity index (χ3n) is 5.25. The van der Waals surface area contributed by atoms with Crippen LogP contribution in [-0.2, 0) is 4.79 Å². The Kier molecular flexibility index (Phi) is 4.86. The maximum Gasteiger partial charge on any atom is 0.326 e. The van der Waals surface area contributed by atoms with Crippen LogP contribution in [0, 0.1) is 11.7 Å². The van der Waals surface area contributed by atoms with E-state index < -0.39 is 0 Å². The molecule has 27 heavy (non-hydrogen) atoms. The van der Waals surface area contributed by atoms with Crippen molar-refractivity contribution in [2.24, 2.45) is 5.92 Å². The Labute approximate surface area is 163 Å². The number of imidazole rings is 1. The van der Waals surface area contributed by atoms with Gasteiger partial charge in [0.05, 0.1) is 11.0 Å². The van der Waals surface area contributed by atoms with Crippen LogP contribution >= 0.6 is 15.9 Å². The van der Waals surface area contributed by atoms with Gasteiger partial charge in [-0.2, -0.15) is 0 Å². The lowest BCUT2D eigenvalue weighted by Gasteiger charge is -2.28. The lowest BCUT2D eigenvalue weighted by atomic mass is 9.85. The zero-order valence-electron chi connectivity index (χ0n) is 14.5. The quantitative estimate of drug-likeness (QED) is 0.635. The Morgan fingerprint density at radius 1 is 1.11 bits per heavy atom. The number of para-hydroxylation sites is 1. The predicted octanol–water partition coefficient (Wildman–Crippen LogP) is 4.60. The number of hydrogen-bond acceptors (Lipinski definition) is 2. The maximum absolute atomic E-state index is 13.0. The molecule has 0 unspecified atom stereocenters. The number of rotatable bonds is 3. The third-order valence-corrected chi connectivity index (χ3v) is 5.91. The van der Waals surface area contributed by atoms with E-state index in [9.17, 15) is 14.0 Å². The molecule has 1 aliphatic rings. The molecule has 2 N–H and O–H groups in total. The van der Waals surface area contributed by atoms with Gasteiger partial charge < -0.3 is 10.3 Å². The van der Waals surface area contributed by atoms with Gasteiger partial charge >= 0.3 is 5.69 Å². The lowest BCUT2D eigenvalue weighted by molar-refractivity contribution is -0.121. The fourth-order valence-corrected chi connectivity index (χ4v) is 4.30. The van der Waals surface area contributed by atoms with Gasteiger partial charge in [0.2, 0.25) is 5.91 Å². The zero-order valence-corrected chi connectivity index (χ0v) is 16.1. The van der Waals surface area contributed by atoms with Crippen LogP contribution in [0.1, 0.15) is 31.7 Å². The van der Waals surface area contributed by atoms with Gasteiger partial charge in [0.25, 0.3) is 0 Å². The monoisotopic (exact) mass is 431 g/mol. The average molecular weight is 432 g/mol. The lowest BCUT2D eigenvalue weighted by Crippen LogP contribution is -2.31. The van der Waals surface area contributed by atoms with E-state index in [4.69, 9.17) is 0 Å². The highest BCUT2D eigenvalue weighted by Gasteiger charge is 2.29. The number of amides is 1. The normalized spacial score (nSPS) is 19.9. The third kappa shape index (κ3) is 3.56. The molecule has 140 valence electrons. The second-order valence-electron chi connectivity index (χ2n) is 6.94. The average Bonchev–Trinajstić information content (AvgIpc) is 3.01. The van der Waals surface area contributed by atoms with E-state index in [1.807, 2.05) is 22.8 Å². The van der Waals surface area contributed by atoms with Gasteiger partial charge in [0.15, 0.2) is 0 Å². The molecule has 1 heterocycles. The largest absolute Gasteiger partial charge is 0.326 e. The van der Waals surface area contributed by atoms with E-state index in [-0.39, 0.29) is 29.4 Å². The summed E-state index contributed by atoms with van der Waals surface area (Å²) in [6.07, 6.45) is 2.96. The molecule has 1 fully saturated rings. The number of H-pyrrole nitrogens is 1. The van der Waals surface area contributed by atoms with Crippen LogP contribution in [0.15, 0.2) is 51.7 Å². The molecule has 1 saturated carbocycles. The Bertz CT molecular complexity index is 1030. The van der Waals surface area contributed by atoms with Crippen molar-refractivity contribution in [2.75, 3.05) is 5.32 Å². The first-order valence-electron chi connectivity index (χ1n) is 8.98. The number of benzene rings is 2. The van der Waals surface area contributed by atoms with E-state index in [0.29, 0.717) is 18.5 Å². The summed E-state index contributed by atoms with van der Waals surface area (Å²) in [5, 5.41) is 2.85. The van der Waals surface area contributed by atoms with Crippen LogP contribution in [0.2, 0.25) is 0 Å². The van der Waals surface area contributed by atoms with Crippen LogP contribution in [0.3, 0.4) is 0 Å². The molecule has 0 bridgehead atoms. The Morgan fingerprint density at radius 3 is 2.52 bits per heavy atom. The highest BCUT2D eigenvalue weighted by atomic mass is 79.9. The Balaban J connectivity index is 1.45. The van der Waals surface area contributed by atoms with Gasteiger partial charge in [-0.1, -0.05) is 6.07 Å². The fraction of sp³-hybridized carbons (Fsp3) is 0.300. The van der Waals surface area contributed by atoms with Crippen molar-refractivity contribution in [3.05, 3.63) is 63.2 Å². The molecule has 0 aliphatic heterocycles. The van der Waals surface area contributed by atoms with Crippen LogP contribution < -0.4 is 11.0 Å². The SMILES string of the molecule is O=C(Nc1ccc(F)cc1)C1CCC(n2c(=O)[nH]c3c(Br)cccc32)CC1. The minimum absolute atomic E-state index is 0.0472. The summed E-state index contributed by atoms with van der Waals surface area (Å²) < 4.78 is 15.7. The number of nitrogens with zero attached hydrogens (tertiary/aromatic N) is 1. The molecule has 0 saturated heterocycles. The van der Waals surface area contributed by atoms with Gasteiger partial charge in [-0.15, -0.1) is 0 Å². The van der Waals surface area contributed by atoms with E-state index in [0.717, 1.165) is 28.3 Å². The molecule has 1 aliphatic carbocycles. The van der Waals surface area contributed by atoms with Gasteiger partial charge in [0.1, 0.15) is 5.82 Å². The maximum atomic E-state index is 13.0. The smallest absolute Gasteiger partial charge is 0.326 e. The van der Waals surface area contributed by atoms with Gasteiger partial charge in [-0.3, -0.25) is 9.36 Å². The number of halogens is 2. The van der Waals surface area contributed by atoms with Crippen molar-refractivity contribution >= 4 is 38.6 Å². The number of carbonyl (C=O) groups excluding carboxylic acids is 1. The van der Waals surface area contributed by atoms with E-state index in [1.54, 1.807) is 12.1 Å². The summed E-state index contributed by atoms with van der Waals surface area (Å²) in [5.41, 5.74) is 2.17. The van der Waals surface area contributed by atoms with Gasteiger partial charge in [-0.05, 0) is 78.0 Å². The highest BCUT2D eigenvalue weighted by molar-refractivity contribution is 9.10. The summed E-state index contributed by atoms with van der Waals surface area (Å²) in [5.74, 6) is -0.475. The molecule has 0 radical (unpaired) electrons. The Hall–Kier alpha value is -2.41. The Morgan fingerprint density at radius 2 is 1.81 bits per heavy atom. The number of fused-ring (bicyclic) bond motifs is 1. The van der Waals surface area contributed by atoms with E-state index >= 15 is 0 Å². The van der Waals surface area contributed by atoms with Gasteiger partial charge in [0, 0.05) is 22.1 Å². The zero-order chi connectivity index (χ0) is 19.0. The summed E-state index contributed by atoms with van der Waals surface area (Å²) in [6, 6.07) is 11.6. The summed E-state index contributed by atoms with van der Waals surface area (Å²) >= 11 is 3.47. The van der Waals surface area contributed by atoms with E-state index in [1.165, 1.54) is 12.1 Å². The minimum Gasteiger partial charge on any atom is -0.326 e. The molecular formula is C20H19BrFN3O2. The number of nitrogens with one attached hydrogen (secondary N) is 2. The van der Waals surface area contributed by atoms with Crippen LogP contribution in [0.4, 0.5) is 10.1 Å². The first-order chi connectivity index (χ1) is 13.0. The molecule has 2 aromatic carbocycles. The van der Waals surface area contributed by atoms with Crippen molar-refractivity contribution < 1.29 is 9.18 Å². The van der Waals surface area contributed by atoms with Crippen LogP contribution in [-0.4, -0.2) is 15.5 Å². The first-order valence-corrected chi connectivity index (χ1v) is 9.77. The number of carbonyl (C=O) groups is 1. The first kappa shape index (κ1) is 18.0. The molecular weight excluding hydrogens is 413 g/mol. The van der Waals surface area contributed by atoms with Crippen molar-refractivity contribution in [3.8, 4) is 0 Å². The molecule has 7 heteroatoms. The van der Waals surface area contributed by atoms with Crippen LogP contribution in [0.25, 0.3) is 11.0 Å². The second kappa shape index (κ2) is 7.31. The topological polar surface area (TPSA) is 66.9 Å². The van der Waals surface area contributed by atoms with Crippen molar-refractivity contribution in [3.63, 3.8) is 0 Å². The fourth-order valence-electron chi connectivity index (χ4n) is 3.85. The predicted molar refractivity (Wildman–Crippen MR) is 106 cm³/mol. The molecule has 0 atom stereocenters. The second-order valence-corrected chi connectivity index (χ2v) is 7.79. The number of aromatic nitrogens is 2. The number of aromatic amines is 1. The van der Waals surface area contributed by atoms with Crippen molar-refractivity contribution in [1.82, 2.24) is 9.55 Å². The molecule has 5 nitrogen and oxygen atoms in total. The van der Waals surface area contributed by atoms with Crippen molar-refractivity contribution in [2.45, 2.75) is 31.7 Å². The number of anilines is 1. The molecule has 1 aromatic heterocycles. The molecule has 3 aromatic rings. The summed E-state index contributed by atoms with van der Waals surface area (Å²) in [6.45, 7) is 0. The van der Waals surface area contributed by atoms with E-state index in [2.05, 4.69) is 26.2 Å². The standard InChI is InChI=1S/C20H19BrFN3O2/c21-16-2-1-3-17-18(16)24-20(27)25(17)15-10-4-12(5-11-15)19(26)23-14-8-6-13(22)7-9-14/h1-3,6-9,12,15H,4-5,10-11H2,(H,23,26)(H,24,27). The molecule has 1 amide bonds. The minimum atomic E-state index is -0.329. The number of hydrogen-bond donors (Lipinski definition) is 2. The summed E-state index contributed by atoms with van der Waals surface area (Å²) in [4.78, 5) is 27.8. The molecule has 4 rings (SSSR count).